The number of fused-ring (bicyclic) bond motifs is 3. The fourth-order valence-corrected chi connectivity index (χ4v) is 5.20. The average molecular weight is 220 g/mol. The van der Waals surface area contributed by atoms with Crippen molar-refractivity contribution in [1.29, 1.82) is 0 Å². The molecule has 0 aromatic rings. The standard InChI is InChI=1S/C16H28/c1-4-11-6-13-7-12(5-2)9-16(3)10-15(16)14(13)8-11/h11-15H,4-10H2,1-3H3. The lowest BCUT2D eigenvalue weighted by molar-refractivity contribution is 0.296. The maximum atomic E-state index is 2.59. The van der Waals surface area contributed by atoms with Gasteiger partial charge in [-0.1, -0.05) is 33.6 Å². The molecule has 3 saturated carbocycles. The van der Waals surface area contributed by atoms with Crippen molar-refractivity contribution in [1.82, 2.24) is 0 Å². The summed E-state index contributed by atoms with van der Waals surface area (Å²) in [5, 5.41) is 0. The highest BCUT2D eigenvalue weighted by Crippen LogP contribution is 2.67. The van der Waals surface area contributed by atoms with Crippen LogP contribution in [0.2, 0.25) is 0 Å². The molecule has 6 atom stereocenters. The van der Waals surface area contributed by atoms with Crippen LogP contribution in [0.25, 0.3) is 0 Å². The molecule has 0 radical (unpaired) electrons. The van der Waals surface area contributed by atoms with Crippen molar-refractivity contribution < 1.29 is 0 Å². The Morgan fingerprint density at radius 3 is 2.31 bits per heavy atom. The number of rotatable bonds is 2. The maximum Gasteiger partial charge on any atom is -0.0289 e. The van der Waals surface area contributed by atoms with Gasteiger partial charge in [0.1, 0.15) is 0 Å². The molecule has 3 fully saturated rings. The SMILES string of the molecule is CCC1CC2CC(CC)CC3(C)CC3C2C1. The Hall–Kier alpha value is 0. The van der Waals surface area contributed by atoms with E-state index in [2.05, 4.69) is 20.8 Å². The van der Waals surface area contributed by atoms with Crippen LogP contribution in [-0.4, -0.2) is 0 Å². The van der Waals surface area contributed by atoms with Crippen LogP contribution in [0.4, 0.5) is 0 Å². The van der Waals surface area contributed by atoms with Gasteiger partial charge in [-0.05, 0) is 67.1 Å². The summed E-state index contributed by atoms with van der Waals surface area (Å²) in [6.45, 7) is 7.40. The summed E-state index contributed by atoms with van der Waals surface area (Å²) >= 11 is 0. The molecule has 3 aliphatic rings. The van der Waals surface area contributed by atoms with Crippen molar-refractivity contribution in [3.05, 3.63) is 0 Å². The van der Waals surface area contributed by atoms with Gasteiger partial charge in [-0.3, -0.25) is 0 Å². The Bertz CT molecular complexity index is 269. The van der Waals surface area contributed by atoms with Crippen LogP contribution >= 0.6 is 0 Å². The summed E-state index contributed by atoms with van der Waals surface area (Å²) in [4.78, 5) is 0. The molecule has 3 rings (SSSR count). The lowest BCUT2D eigenvalue weighted by Crippen LogP contribution is -2.11. The Labute approximate surface area is 101 Å². The predicted octanol–water partition coefficient (Wildman–Crippen LogP) is 4.89. The molecule has 92 valence electrons. The van der Waals surface area contributed by atoms with E-state index in [1.807, 2.05) is 0 Å². The molecule has 0 nitrogen and oxygen atoms in total. The normalized spacial score (nSPS) is 55.3. The molecule has 0 spiro atoms. The lowest BCUT2D eigenvalue weighted by atomic mass is 9.85. The molecule has 0 amide bonds. The molecule has 3 aliphatic carbocycles. The highest BCUT2D eigenvalue weighted by molar-refractivity contribution is 5.08. The van der Waals surface area contributed by atoms with E-state index < -0.39 is 0 Å². The van der Waals surface area contributed by atoms with Gasteiger partial charge in [-0.15, -0.1) is 0 Å². The van der Waals surface area contributed by atoms with E-state index in [1.54, 1.807) is 32.1 Å². The van der Waals surface area contributed by atoms with Crippen molar-refractivity contribution >= 4 is 0 Å². The third-order valence-corrected chi connectivity index (χ3v) is 6.33. The van der Waals surface area contributed by atoms with Gasteiger partial charge in [0.15, 0.2) is 0 Å². The van der Waals surface area contributed by atoms with Crippen molar-refractivity contribution in [2.75, 3.05) is 0 Å². The zero-order valence-electron chi connectivity index (χ0n) is 11.3. The fourth-order valence-electron chi connectivity index (χ4n) is 5.20. The minimum absolute atomic E-state index is 0.780. The summed E-state index contributed by atoms with van der Waals surface area (Å²) in [6, 6.07) is 0. The summed E-state index contributed by atoms with van der Waals surface area (Å²) < 4.78 is 0. The van der Waals surface area contributed by atoms with Gasteiger partial charge < -0.3 is 0 Å². The Balaban J connectivity index is 1.78. The second-order valence-electron chi connectivity index (χ2n) is 7.35. The summed E-state index contributed by atoms with van der Waals surface area (Å²) in [5.74, 6) is 5.51. The quantitative estimate of drug-likeness (QED) is 0.622. The maximum absolute atomic E-state index is 2.59. The lowest BCUT2D eigenvalue weighted by Gasteiger charge is -2.21. The van der Waals surface area contributed by atoms with E-state index in [9.17, 15) is 0 Å². The van der Waals surface area contributed by atoms with Gasteiger partial charge in [0.05, 0.1) is 0 Å². The predicted molar refractivity (Wildman–Crippen MR) is 69.2 cm³/mol. The van der Waals surface area contributed by atoms with Crippen LogP contribution in [0.3, 0.4) is 0 Å². The first kappa shape index (κ1) is 11.1. The van der Waals surface area contributed by atoms with Crippen LogP contribution in [-0.2, 0) is 0 Å². The zero-order valence-corrected chi connectivity index (χ0v) is 11.3. The minimum Gasteiger partial charge on any atom is -0.0651 e. The molecule has 6 unspecified atom stereocenters. The van der Waals surface area contributed by atoms with Crippen LogP contribution in [0.1, 0.15) is 65.7 Å². The molecule has 0 aliphatic heterocycles. The average Bonchev–Trinajstić information content (AvgIpc) is 2.78. The number of hydrogen-bond acceptors (Lipinski definition) is 0. The van der Waals surface area contributed by atoms with E-state index in [0.29, 0.717) is 0 Å². The van der Waals surface area contributed by atoms with Crippen LogP contribution in [0, 0.1) is 35.0 Å². The van der Waals surface area contributed by atoms with E-state index >= 15 is 0 Å². The van der Waals surface area contributed by atoms with Crippen molar-refractivity contribution in [3.63, 3.8) is 0 Å². The van der Waals surface area contributed by atoms with Gasteiger partial charge in [0.2, 0.25) is 0 Å². The first-order chi connectivity index (χ1) is 7.66. The first-order valence-electron chi connectivity index (χ1n) is 7.66. The van der Waals surface area contributed by atoms with E-state index in [4.69, 9.17) is 0 Å². The van der Waals surface area contributed by atoms with Crippen molar-refractivity contribution in [3.8, 4) is 0 Å². The van der Waals surface area contributed by atoms with Gasteiger partial charge in [-0.25, -0.2) is 0 Å². The highest BCUT2D eigenvalue weighted by atomic mass is 14.6. The topological polar surface area (TPSA) is 0 Å². The molecule has 0 saturated heterocycles. The molecule has 0 aromatic heterocycles. The summed E-state index contributed by atoms with van der Waals surface area (Å²) in [6.07, 6.45) is 10.7. The number of hydrogen-bond donors (Lipinski definition) is 0. The largest absolute Gasteiger partial charge is 0.0651 e. The van der Waals surface area contributed by atoms with Crippen LogP contribution in [0.15, 0.2) is 0 Å². The smallest absolute Gasteiger partial charge is 0.0289 e. The molecule has 0 heteroatoms. The molecular weight excluding hydrogens is 192 g/mol. The molecule has 0 aromatic carbocycles. The van der Waals surface area contributed by atoms with Gasteiger partial charge in [-0.2, -0.15) is 0 Å². The van der Waals surface area contributed by atoms with E-state index in [-0.39, 0.29) is 0 Å². The summed E-state index contributed by atoms with van der Waals surface area (Å²) in [7, 11) is 0. The van der Waals surface area contributed by atoms with E-state index in [0.717, 1.165) is 35.0 Å². The second-order valence-corrected chi connectivity index (χ2v) is 7.35. The molecule has 0 N–H and O–H groups in total. The van der Waals surface area contributed by atoms with Crippen molar-refractivity contribution in [2.24, 2.45) is 35.0 Å². The van der Waals surface area contributed by atoms with Crippen LogP contribution in [0.5, 0.6) is 0 Å². The van der Waals surface area contributed by atoms with E-state index in [1.165, 1.54) is 12.8 Å². The highest BCUT2D eigenvalue weighted by Gasteiger charge is 2.59. The molecule has 0 heterocycles. The first-order valence-corrected chi connectivity index (χ1v) is 7.66. The third kappa shape index (κ3) is 1.64. The van der Waals surface area contributed by atoms with Gasteiger partial charge in [0.25, 0.3) is 0 Å². The second kappa shape index (κ2) is 3.75. The molecular formula is C16H28. The zero-order chi connectivity index (χ0) is 11.3. The Morgan fingerprint density at radius 1 is 0.938 bits per heavy atom. The van der Waals surface area contributed by atoms with Crippen molar-refractivity contribution in [2.45, 2.75) is 65.7 Å². The minimum atomic E-state index is 0.780. The summed E-state index contributed by atoms with van der Waals surface area (Å²) in [5.41, 5.74) is 0.780. The fraction of sp³-hybridized carbons (Fsp3) is 1.00. The monoisotopic (exact) mass is 220 g/mol. The molecule has 16 heavy (non-hydrogen) atoms. The van der Waals surface area contributed by atoms with Gasteiger partial charge in [0, 0.05) is 0 Å². The third-order valence-electron chi connectivity index (χ3n) is 6.33. The Morgan fingerprint density at radius 2 is 1.62 bits per heavy atom. The molecule has 0 bridgehead atoms. The van der Waals surface area contributed by atoms with Gasteiger partial charge >= 0.3 is 0 Å². The van der Waals surface area contributed by atoms with Crippen LogP contribution < -0.4 is 0 Å². The Kier molecular flexibility index (Phi) is 2.60.